The third-order valence-electron chi connectivity index (χ3n) is 7.42. The summed E-state index contributed by atoms with van der Waals surface area (Å²) in [5.41, 5.74) is 5.88. The Balaban J connectivity index is 1.52. The number of carbonyl (C=O) groups is 1. The van der Waals surface area contributed by atoms with E-state index in [0.717, 1.165) is 46.8 Å². The standard InChI is InChI=1S/C30H30N4O3/c1-18-5-9-21(10-6-18)26-25-27(30(36)34(26)23-15-19(2)29(35)32(3)17-23)33(28(31-25)22-11-12-22)16-20-7-13-24(37-4)14-8-20/h5-10,13-15,17,22,26H,11-12,16H2,1-4H3. The predicted molar refractivity (Wildman–Crippen MR) is 143 cm³/mol. The zero-order valence-electron chi connectivity index (χ0n) is 21.6. The lowest BCUT2D eigenvalue weighted by molar-refractivity contribution is 0.0985. The van der Waals surface area contributed by atoms with Gasteiger partial charge in [-0.15, -0.1) is 0 Å². The second-order valence-electron chi connectivity index (χ2n) is 10.2. The number of imidazole rings is 1. The van der Waals surface area contributed by atoms with Crippen LogP contribution in [0.1, 0.15) is 69.1 Å². The Morgan fingerprint density at radius 3 is 2.32 bits per heavy atom. The number of anilines is 1. The Hall–Kier alpha value is -4.13. The SMILES string of the molecule is COc1ccc(Cn2c(C3CC3)nc3c2C(=O)N(c2cc(C)c(=O)n(C)c2)C3c2ccc(C)cc2)cc1. The third kappa shape index (κ3) is 3.95. The summed E-state index contributed by atoms with van der Waals surface area (Å²) in [6.07, 6.45) is 3.92. The second-order valence-corrected chi connectivity index (χ2v) is 10.2. The summed E-state index contributed by atoms with van der Waals surface area (Å²) in [6.45, 7) is 4.40. The predicted octanol–water partition coefficient (Wildman–Crippen LogP) is 4.88. The molecule has 4 aromatic rings. The first-order valence-electron chi connectivity index (χ1n) is 12.7. The van der Waals surface area contributed by atoms with Crippen molar-refractivity contribution >= 4 is 11.6 Å². The third-order valence-corrected chi connectivity index (χ3v) is 7.42. The van der Waals surface area contributed by atoms with Crippen LogP contribution in [-0.4, -0.2) is 27.1 Å². The lowest BCUT2D eigenvalue weighted by atomic mass is 10.0. The van der Waals surface area contributed by atoms with Gasteiger partial charge in [0.25, 0.3) is 11.5 Å². The van der Waals surface area contributed by atoms with Crippen LogP contribution in [0.5, 0.6) is 5.75 Å². The van der Waals surface area contributed by atoms with E-state index in [9.17, 15) is 9.59 Å². The number of benzene rings is 2. The molecule has 2 aromatic carbocycles. The molecule has 1 saturated carbocycles. The van der Waals surface area contributed by atoms with Crippen LogP contribution in [0.4, 0.5) is 5.69 Å². The molecule has 1 fully saturated rings. The number of pyridine rings is 1. The number of amides is 1. The quantitative estimate of drug-likeness (QED) is 0.383. The van der Waals surface area contributed by atoms with Gasteiger partial charge in [0, 0.05) is 31.3 Å². The van der Waals surface area contributed by atoms with E-state index in [1.54, 1.807) is 36.7 Å². The van der Waals surface area contributed by atoms with Gasteiger partial charge >= 0.3 is 0 Å². The molecule has 1 aliphatic carbocycles. The number of carbonyl (C=O) groups excluding carboxylic acids is 1. The number of ether oxygens (including phenoxy) is 1. The van der Waals surface area contributed by atoms with Crippen molar-refractivity contribution < 1.29 is 9.53 Å². The molecule has 7 nitrogen and oxygen atoms in total. The number of aryl methyl sites for hydroxylation is 3. The van der Waals surface area contributed by atoms with Gasteiger partial charge in [-0.05, 0) is 56.0 Å². The summed E-state index contributed by atoms with van der Waals surface area (Å²) in [7, 11) is 3.38. The molecule has 0 saturated heterocycles. The molecule has 0 spiro atoms. The van der Waals surface area contributed by atoms with Crippen LogP contribution in [0, 0.1) is 13.8 Å². The number of hydrogen-bond donors (Lipinski definition) is 0. The van der Waals surface area contributed by atoms with Crippen molar-refractivity contribution in [2.75, 3.05) is 12.0 Å². The summed E-state index contributed by atoms with van der Waals surface area (Å²) >= 11 is 0. The van der Waals surface area contributed by atoms with Gasteiger partial charge in [-0.1, -0.05) is 42.0 Å². The largest absolute Gasteiger partial charge is 0.497 e. The van der Waals surface area contributed by atoms with Crippen molar-refractivity contribution in [2.45, 2.75) is 45.2 Å². The Bertz CT molecular complexity index is 1530. The highest BCUT2D eigenvalue weighted by Gasteiger charge is 2.46. The maximum atomic E-state index is 14.3. The molecule has 0 bridgehead atoms. The molecule has 3 heterocycles. The minimum absolute atomic E-state index is 0.0713. The van der Waals surface area contributed by atoms with Crippen molar-refractivity contribution in [3.63, 3.8) is 0 Å². The van der Waals surface area contributed by atoms with Crippen molar-refractivity contribution in [3.8, 4) is 5.75 Å². The number of methoxy groups -OCH3 is 1. The highest BCUT2D eigenvalue weighted by molar-refractivity contribution is 6.10. The minimum atomic E-state index is -0.366. The van der Waals surface area contributed by atoms with E-state index < -0.39 is 0 Å². The molecule has 1 unspecified atom stereocenters. The van der Waals surface area contributed by atoms with Gasteiger partial charge in [-0.25, -0.2) is 4.98 Å². The fraction of sp³-hybridized carbons (Fsp3) is 0.300. The van der Waals surface area contributed by atoms with E-state index >= 15 is 0 Å². The van der Waals surface area contributed by atoms with Crippen LogP contribution in [-0.2, 0) is 13.6 Å². The fourth-order valence-electron chi connectivity index (χ4n) is 5.30. The van der Waals surface area contributed by atoms with Gasteiger partial charge in [-0.2, -0.15) is 0 Å². The summed E-state index contributed by atoms with van der Waals surface area (Å²) in [6, 6.07) is 17.7. The van der Waals surface area contributed by atoms with E-state index in [2.05, 4.69) is 35.8 Å². The van der Waals surface area contributed by atoms with E-state index in [0.29, 0.717) is 29.4 Å². The van der Waals surface area contributed by atoms with Crippen molar-refractivity contribution in [2.24, 2.45) is 7.05 Å². The average molecular weight is 495 g/mol. The van der Waals surface area contributed by atoms with Crippen LogP contribution >= 0.6 is 0 Å². The molecule has 2 aliphatic rings. The number of fused-ring (bicyclic) bond motifs is 1. The molecular weight excluding hydrogens is 464 g/mol. The molecule has 1 amide bonds. The van der Waals surface area contributed by atoms with Crippen molar-refractivity contribution in [3.05, 3.63) is 111 Å². The van der Waals surface area contributed by atoms with E-state index in [1.807, 2.05) is 30.3 Å². The van der Waals surface area contributed by atoms with E-state index in [1.165, 1.54) is 0 Å². The van der Waals surface area contributed by atoms with Crippen LogP contribution in [0.25, 0.3) is 0 Å². The van der Waals surface area contributed by atoms with Crippen LogP contribution in [0.2, 0.25) is 0 Å². The van der Waals surface area contributed by atoms with Crippen LogP contribution < -0.4 is 15.2 Å². The molecule has 37 heavy (non-hydrogen) atoms. The molecule has 1 atom stereocenters. The zero-order chi connectivity index (χ0) is 25.8. The van der Waals surface area contributed by atoms with E-state index in [-0.39, 0.29) is 17.5 Å². The number of hydrogen-bond acceptors (Lipinski definition) is 4. The summed E-state index contributed by atoms with van der Waals surface area (Å²) in [5, 5.41) is 0. The summed E-state index contributed by atoms with van der Waals surface area (Å²) in [4.78, 5) is 33.7. The number of nitrogens with zero attached hydrogens (tertiary/aromatic N) is 4. The normalized spacial score (nSPS) is 16.8. The van der Waals surface area contributed by atoms with Gasteiger partial charge in [0.15, 0.2) is 0 Å². The Labute approximate surface area is 216 Å². The first-order chi connectivity index (χ1) is 17.9. The first-order valence-corrected chi connectivity index (χ1v) is 12.7. The fourth-order valence-corrected chi connectivity index (χ4v) is 5.30. The highest BCUT2D eigenvalue weighted by Crippen LogP contribution is 2.46. The Kier molecular flexibility index (Phi) is 5.51. The first kappa shape index (κ1) is 23.3. The smallest absolute Gasteiger partial charge is 0.277 e. The second kappa shape index (κ2) is 8.76. The van der Waals surface area contributed by atoms with Crippen LogP contribution in [0.3, 0.4) is 0 Å². The molecule has 7 heteroatoms. The van der Waals surface area contributed by atoms with Crippen molar-refractivity contribution in [1.29, 1.82) is 0 Å². The van der Waals surface area contributed by atoms with Gasteiger partial charge in [0.05, 0.1) is 18.5 Å². The minimum Gasteiger partial charge on any atom is -0.497 e. The molecular formula is C30H30N4O3. The lowest BCUT2D eigenvalue weighted by Crippen LogP contribution is -2.32. The molecule has 1 aliphatic heterocycles. The lowest BCUT2D eigenvalue weighted by Gasteiger charge is -2.26. The van der Waals surface area contributed by atoms with Crippen LogP contribution in [0.15, 0.2) is 65.6 Å². The highest BCUT2D eigenvalue weighted by atomic mass is 16.5. The van der Waals surface area contributed by atoms with E-state index in [4.69, 9.17) is 9.72 Å². The van der Waals surface area contributed by atoms with Gasteiger partial charge in [-0.3, -0.25) is 14.5 Å². The maximum Gasteiger partial charge on any atom is 0.277 e. The molecule has 6 rings (SSSR count). The monoisotopic (exact) mass is 494 g/mol. The number of rotatable bonds is 6. The van der Waals surface area contributed by atoms with Gasteiger partial charge in [0.1, 0.15) is 23.3 Å². The molecule has 188 valence electrons. The topological polar surface area (TPSA) is 69.4 Å². The Morgan fingerprint density at radius 2 is 1.70 bits per heavy atom. The zero-order valence-corrected chi connectivity index (χ0v) is 21.6. The van der Waals surface area contributed by atoms with Gasteiger partial charge < -0.3 is 13.9 Å². The molecule has 2 aromatic heterocycles. The molecule has 0 radical (unpaired) electrons. The summed E-state index contributed by atoms with van der Waals surface area (Å²) in [5.74, 6) is 2.08. The maximum absolute atomic E-state index is 14.3. The van der Waals surface area contributed by atoms with Gasteiger partial charge in [0.2, 0.25) is 0 Å². The van der Waals surface area contributed by atoms with Crippen molar-refractivity contribution in [1.82, 2.24) is 14.1 Å². The summed E-state index contributed by atoms with van der Waals surface area (Å²) < 4.78 is 8.99. The number of aromatic nitrogens is 3. The average Bonchev–Trinajstić information content (AvgIpc) is 3.61. The Morgan fingerprint density at radius 1 is 1.00 bits per heavy atom. The molecule has 0 N–H and O–H groups in total.